The van der Waals surface area contributed by atoms with Crippen molar-refractivity contribution in [3.63, 3.8) is 0 Å². The summed E-state index contributed by atoms with van der Waals surface area (Å²) in [5, 5.41) is 0. The van der Waals surface area contributed by atoms with E-state index in [2.05, 4.69) is 4.98 Å². The Morgan fingerprint density at radius 2 is 2.23 bits per heavy atom. The maximum absolute atomic E-state index is 10.9. The van der Waals surface area contributed by atoms with E-state index in [1.807, 2.05) is 0 Å². The number of carbonyl (C=O) groups is 2. The minimum atomic E-state index is -0.249. The fourth-order valence-corrected chi connectivity index (χ4v) is 0.839. The van der Waals surface area contributed by atoms with Crippen molar-refractivity contribution in [3.05, 3.63) is 35.7 Å². The molecule has 1 heterocycles. The first-order valence-electron chi connectivity index (χ1n) is 3.83. The van der Waals surface area contributed by atoms with Gasteiger partial charge >= 0.3 is 0 Å². The largest absolute Gasteiger partial charge is 0.298 e. The predicted molar refractivity (Wildman–Crippen MR) is 49.0 cm³/mol. The Labute approximate surface area is 76.1 Å². The quantitative estimate of drug-likeness (QED) is 0.300. The number of pyridine rings is 1. The number of carbonyl (C=O) groups excluding carboxylic acids is 2. The zero-order chi connectivity index (χ0) is 9.68. The first-order chi connectivity index (χ1) is 6.24. The standard InChI is InChI=1S/C10H9NO2/c1-8(13)9(7-12)6-10-4-2-3-5-11-10/h2-7H,1H3. The van der Waals surface area contributed by atoms with Crippen molar-refractivity contribution in [2.75, 3.05) is 0 Å². The second-order valence-electron chi connectivity index (χ2n) is 2.53. The van der Waals surface area contributed by atoms with E-state index >= 15 is 0 Å². The third-order valence-corrected chi connectivity index (χ3v) is 1.52. The molecular weight excluding hydrogens is 166 g/mol. The highest BCUT2D eigenvalue weighted by atomic mass is 16.1. The molecule has 0 unspecified atom stereocenters. The number of hydrogen-bond donors (Lipinski definition) is 0. The van der Waals surface area contributed by atoms with Crippen LogP contribution in [0.25, 0.3) is 6.08 Å². The van der Waals surface area contributed by atoms with Gasteiger partial charge in [0, 0.05) is 6.20 Å². The summed E-state index contributed by atoms with van der Waals surface area (Å²) in [4.78, 5) is 25.2. The van der Waals surface area contributed by atoms with E-state index in [0.717, 1.165) is 0 Å². The monoisotopic (exact) mass is 175 g/mol. The smallest absolute Gasteiger partial charge is 0.163 e. The molecule has 0 radical (unpaired) electrons. The molecule has 13 heavy (non-hydrogen) atoms. The highest BCUT2D eigenvalue weighted by molar-refractivity contribution is 6.14. The molecule has 0 atom stereocenters. The number of allylic oxidation sites excluding steroid dienone is 1. The average Bonchev–Trinajstić information content (AvgIpc) is 2.15. The van der Waals surface area contributed by atoms with Gasteiger partial charge in [0.1, 0.15) is 0 Å². The van der Waals surface area contributed by atoms with E-state index in [1.54, 1.807) is 24.4 Å². The third-order valence-electron chi connectivity index (χ3n) is 1.52. The van der Waals surface area contributed by atoms with Crippen LogP contribution in [0.5, 0.6) is 0 Å². The zero-order valence-electron chi connectivity index (χ0n) is 7.23. The van der Waals surface area contributed by atoms with Gasteiger partial charge in [-0.3, -0.25) is 14.6 Å². The number of nitrogens with zero attached hydrogens (tertiary/aromatic N) is 1. The summed E-state index contributed by atoms with van der Waals surface area (Å²) in [6, 6.07) is 5.29. The summed E-state index contributed by atoms with van der Waals surface area (Å²) in [5.74, 6) is -0.249. The number of hydrogen-bond acceptors (Lipinski definition) is 3. The molecule has 1 rings (SSSR count). The van der Waals surface area contributed by atoms with Crippen LogP contribution < -0.4 is 0 Å². The van der Waals surface area contributed by atoms with E-state index in [0.29, 0.717) is 12.0 Å². The lowest BCUT2D eigenvalue weighted by atomic mass is 10.1. The van der Waals surface area contributed by atoms with Gasteiger partial charge in [-0.05, 0) is 25.1 Å². The van der Waals surface area contributed by atoms with Crippen LogP contribution in [0.3, 0.4) is 0 Å². The van der Waals surface area contributed by atoms with E-state index < -0.39 is 0 Å². The van der Waals surface area contributed by atoms with Crippen molar-refractivity contribution in [1.29, 1.82) is 0 Å². The van der Waals surface area contributed by atoms with Gasteiger partial charge in [-0.1, -0.05) is 6.07 Å². The van der Waals surface area contributed by atoms with Crippen LogP contribution in [-0.4, -0.2) is 17.1 Å². The van der Waals surface area contributed by atoms with Crippen LogP contribution in [0.1, 0.15) is 12.6 Å². The molecule has 0 aromatic carbocycles. The summed E-state index contributed by atoms with van der Waals surface area (Å²) in [7, 11) is 0. The van der Waals surface area contributed by atoms with Crippen LogP contribution in [0, 0.1) is 0 Å². The highest BCUT2D eigenvalue weighted by Crippen LogP contribution is 2.02. The van der Waals surface area contributed by atoms with Crippen LogP contribution in [-0.2, 0) is 9.59 Å². The minimum Gasteiger partial charge on any atom is -0.298 e. The molecule has 0 saturated carbocycles. The van der Waals surface area contributed by atoms with E-state index in [-0.39, 0.29) is 11.4 Å². The molecule has 3 heteroatoms. The molecule has 0 fully saturated rings. The molecule has 1 aromatic heterocycles. The molecule has 1 aromatic rings. The molecular formula is C10H9NO2. The van der Waals surface area contributed by atoms with Crippen molar-refractivity contribution in [2.45, 2.75) is 6.92 Å². The molecule has 0 aliphatic carbocycles. The Balaban J connectivity index is 2.98. The molecule has 0 N–H and O–H groups in total. The minimum absolute atomic E-state index is 0.138. The summed E-state index contributed by atoms with van der Waals surface area (Å²) >= 11 is 0. The second kappa shape index (κ2) is 4.30. The van der Waals surface area contributed by atoms with Gasteiger partial charge in [-0.2, -0.15) is 0 Å². The first-order valence-corrected chi connectivity index (χ1v) is 3.83. The Morgan fingerprint density at radius 1 is 1.46 bits per heavy atom. The van der Waals surface area contributed by atoms with Gasteiger partial charge in [-0.25, -0.2) is 0 Å². The summed E-state index contributed by atoms with van der Waals surface area (Å²) in [6.45, 7) is 1.35. The van der Waals surface area contributed by atoms with Crippen molar-refractivity contribution in [2.24, 2.45) is 0 Å². The molecule has 0 saturated heterocycles. The maximum Gasteiger partial charge on any atom is 0.163 e. The van der Waals surface area contributed by atoms with Crippen molar-refractivity contribution < 1.29 is 9.59 Å². The fraction of sp³-hybridized carbons (Fsp3) is 0.100. The highest BCUT2D eigenvalue weighted by Gasteiger charge is 2.01. The Hall–Kier alpha value is -1.77. The third kappa shape index (κ3) is 2.63. The normalized spacial score (nSPS) is 11.0. The van der Waals surface area contributed by atoms with Crippen molar-refractivity contribution >= 4 is 18.1 Å². The molecule has 3 nitrogen and oxygen atoms in total. The lowest BCUT2D eigenvalue weighted by Crippen LogP contribution is -1.97. The molecule has 66 valence electrons. The second-order valence-corrected chi connectivity index (χ2v) is 2.53. The van der Waals surface area contributed by atoms with Gasteiger partial charge < -0.3 is 0 Å². The number of rotatable bonds is 3. The topological polar surface area (TPSA) is 47.0 Å². The Bertz CT molecular complexity index is 341. The van der Waals surface area contributed by atoms with Gasteiger partial charge in [0.05, 0.1) is 11.3 Å². The molecule has 0 amide bonds. The number of ketones is 1. The maximum atomic E-state index is 10.9. The van der Waals surface area contributed by atoms with E-state index in [1.165, 1.54) is 13.0 Å². The molecule has 0 aliphatic heterocycles. The Morgan fingerprint density at radius 3 is 2.69 bits per heavy atom. The van der Waals surface area contributed by atoms with Crippen LogP contribution in [0.2, 0.25) is 0 Å². The fourth-order valence-electron chi connectivity index (χ4n) is 0.839. The van der Waals surface area contributed by atoms with Crippen LogP contribution in [0.4, 0.5) is 0 Å². The predicted octanol–water partition coefficient (Wildman–Crippen LogP) is 1.25. The van der Waals surface area contributed by atoms with Crippen molar-refractivity contribution in [3.8, 4) is 0 Å². The van der Waals surface area contributed by atoms with Gasteiger partial charge in [-0.15, -0.1) is 0 Å². The van der Waals surface area contributed by atoms with Crippen molar-refractivity contribution in [1.82, 2.24) is 4.98 Å². The number of aromatic nitrogens is 1. The summed E-state index contributed by atoms with van der Waals surface area (Å²) < 4.78 is 0. The van der Waals surface area contributed by atoms with E-state index in [9.17, 15) is 9.59 Å². The number of aldehydes is 1. The zero-order valence-corrected chi connectivity index (χ0v) is 7.23. The first kappa shape index (κ1) is 9.32. The van der Waals surface area contributed by atoms with Crippen LogP contribution >= 0.6 is 0 Å². The SMILES string of the molecule is CC(=O)C(C=O)=Cc1ccccn1. The van der Waals surface area contributed by atoms with Gasteiger partial charge in [0.2, 0.25) is 0 Å². The van der Waals surface area contributed by atoms with Crippen LogP contribution in [0.15, 0.2) is 30.0 Å². The van der Waals surface area contributed by atoms with E-state index in [4.69, 9.17) is 0 Å². The van der Waals surface area contributed by atoms with Gasteiger partial charge in [0.15, 0.2) is 12.1 Å². The molecule has 0 bridgehead atoms. The summed E-state index contributed by atoms with van der Waals surface area (Å²) in [5.41, 5.74) is 0.749. The molecule has 0 aliphatic rings. The summed E-state index contributed by atoms with van der Waals surface area (Å²) in [6.07, 6.45) is 3.61. The average molecular weight is 175 g/mol. The lowest BCUT2D eigenvalue weighted by molar-refractivity contribution is -0.115. The molecule has 0 spiro atoms. The number of Topliss-reactive ketones (excluding diaryl/α,β-unsaturated/α-hetero) is 1. The van der Waals surface area contributed by atoms with Gasteiger partial charge in [0.25, 0.3) is 0 Å². The Kier molecular flexibility index (Phi) is 3.09. The lowest BCUT2D eigenvalue weighted by Gasteiger charge is -1.93.